The van der Waals surface area contributed by atoms with Gasteiger partial charge in [0.25, 0.3) is 0 Å². The summed E-state index contributed by atoms with van der Waals surface area (Å²) in [6.45, 7) is 8.47. The summed E-state index contributed by atoms with van der Waals surface area (Å²) in [4.78, 5) is 13.0. The summed E-state index contributed by atoms with van der Waals surface area (Å²) in [5, 5.41) is 12.2. The molecule has 0 heterocycles. The van der Waals surface area contributed by atoms with Gasteiger partial charge < -0.3 is 4.74 Å². The van der Waals surface area contributed by atoms with Crippen molar-refractivity contribution in [2.75, 3.05) is 7.11 Å². The number of hydrogen-bond donors (Lipinski definition) is 0. The number of thioether (sulfide) groups is 1. The summed E-state index contributed by atoms with van der Waals surface area (Å²) >= 11 is 1.64. The van der Waals surface area contributed by atoms with Crippen LogP contribution in [0.1, 0.15) is 39.5 Å². The van der Waals surface area contributed by atoms with Crippen LogP contribution in [0.4, 0.5) is 0 Å². The number of allylic oxidation sites excluding steroid dienone is 4. The molecular weight excluding hydrogens is 378 g/mol. The first-order chi connectivity index (χ1) is 13.9. The van der Waals surface area contributed by atoms with Crippen molar-refractivity contribution >= 4 is 17.7 Å². The molecule has 0 aromatic heterocycles. The Kier molecular flexibility index (Phi) is 8.34. The second-order valence-corrected chi connectivity index (χ2v) is 8.93. The van der Waals surface area contributed by atoms with E-state index in [-0.39, 0.29) is 17.3 Å². The lowest BCUT2D eigenvalue weighted by Gasteiger charge is -2.52. The summed E-state index contributed by atoms with van der Waals surface area (Å²) in [6, 6.07) is 12.8. The molecule has 0 saturated heterocycles. The van der Waals surface area contributed by atoms with Crippen LogP contribution in [-0.4, -0.2) is 13.1 Å². The molecule has 1 fully saturated rings. The fraction of sp³-hybridized carbons (Fsp3) is 0.440. The predicted octanol–water partition coefficient (Wildman–Crippen LogP) is 6.55. The highest BCUT2D eigenvalue weighted by atomic mass is 32.2. The predicted molar refractivity (Wildman–Crippen MR) is 120 cm³/mol. The highest BCUT2D eigenvalue weighted by Gasteiger charge is 2.52. The Hall–Kier alpha value is -2.25. The van der Waals surface area contributed by atoms with Crippen LogP contribution < -0.4 is 0 Å². The second-order valence-electron chi connectivity index (χ2n) is 7.95. The van der Waals surface area contributed by atoms with Crippen molar-refractivity contribution in [3.8, 4) is 6.07 Å². The molecule has 1 saturated carbocycles. The van der Waals surface area contributed by atoms with E-state index in [2.05, 4.69) is 38.6 Å². The first-order valence-electron chi connectivity index (χ1n) is 10.1. The zero-order valence-electron chi connectivity index (χ0n) is 17.6. The molecule has 1 aliphatic rings. The number of nitrogens with zero attached hydrogens (tertiary/aromatic N) is 1. The van der Waals surface area contributed by atoms with Crippen molar-refractivity contribution in [3.63, 3.8) is 0 Å². The van der Waals surface area contributed by atoms with Gasteiger partial charge in [0.1, 0.15) is 0 Å². The summed E-state index contributed by atoms with van der Waals surface area (Å²) in [6.07, 6.45) is 10.6. The topological polar surface area (TPSA) is 50.1 Å². The third-order valence-corrected chi connectivity index (χ3v) is 7.31. The number of nitriles is 1. The number of carbonyl (C=O) groups is 1. The van der Waals surface area contributed by atoms with E-state index in [1.165, 1.54) is 12.0 Å². The van der Waals surface area contributed by atoms with Crippen molar-refractivity contribution < 1.29 is 9.53 Å². The van der Waals surface area contributed by atoms with Gasteiger partial charge in [0, 0.05) is 11.3 Å². The van der Waals surface area contributed by atoms with Gasteiger partial charge in [-0.05, 0) is 54.1 Å². The number of hydrogen-bond acceptors (Lipinski definition) is 4. The molecule has 0 amide bonds. The molecule has 0 spiro atoms. The van der Waals surface area contributed by atoms with Crippen LogP contribution in [0, 0.1) is 34.0 Å². The van der Waals surface area contributed by atoms with Gasteiger partial charge in [-0.3, -0.25) is 4.79 Å². The van der Waals surface area contributed by atoms with Crippen LogP contribution in [0.25, 0.3) is 0 Å². The second kappa shape index (κ2) is 10.5. The number of ether oxygens (including phenoxy) is 1. The van der Waals surface area contributed by atoms with Crippen LogP contribution in [0.5, 0.6) is 0 Å². The first kappa shape index (κ1) is 23.0. The summed E-state index contributed by atoms with van der Waals surface area (Å²) in [7, 11) is 1.41. The van der Waals surface area contributed by atoms with Gasteiger partial charge in [-0.2, -0.15) is 5.26 Å². The average molecular weight is 410 g/mol. The normalized spacial score (nSPS) is 29.6. The van der Waals surface area contributed by atoms with Gasteiger partial charge in [0.2, 0.25) is 0 Å². The Morgan fingerprint density at radius 1 is 1.38 bits per heavy atom. The van der Waals surface area contributed by atoms with Crippen molar-refractivity contribution in [1.29, 1.82) is 5.26 Å². The Balaban J connectivity index is 2.23. The van der Waals surface area contributed by atoms with Crippen molar-refractivity contribution in [2.45, 2.75) is 44.4 Å². The van der Waals surface area contributed by atoms with E-state index >= 15 is 0 Å². The molecule has 3 nitrogen and oxygen atoms in total. The Bertz CT molecular complexity index is 795. The lowest BCUT2D eigenvalue weighted by molar-refractivity contribution is -0.141. The minimum atomic E-state index is -0.620. The molecule has 0 aliphatic heterocycles. The SMILES string of the molecule is C=C[C@@]1(C)[C@H](C)CC[C@@](C#N)(/C=C/C=C\Sc2ccccc2)[C@@H]1CCC(=O)OC. The highest BCUT2D eigenvalue weighted by molar-refractivity contribution is 8.02. The van der Waals surface area contributed by atoms with Gasteiger partial charge in [-0.1, -0.05) is 68.1 Å². The van der Waals surface area contributed by atoms with Crippen LogP contribution in [-0.2, 0) is 9.53 Å². The van der Waals surface area contributed by atoms with Crippen LogP contribution in [0.15, 0.2) is 71.5 Å². The van der Waals surface area contributed by atoms with E-state index in [0.717, 1.165) is 12.8 Å². The van der Waals surface area contributed by atoms with Crippen molar-refractivity contribution in [1.82, 2.24) is 0 Å². The van der Waals surface area contributed by atoms with E-state index in [1.807, 2.05) is 47.9 Å². The Labute approximate surface area is 179 Å². The molecule has 0 unspecified atom stereocenters. The van der Waals surface area contributed by atoms with Gasteiger partial charge in [-0.25, -0.2) is 0 Å². The van der Waals surface area contributed by atoms with Crippen LogP contribution in [0.3, 0.4) is 0 Å². The molecule has 0 N–H and O–H groups in total. The molecule has 1 aromatic carbocycles. The molecular formula is C25H31NO2S. The van der Waals surface area contributed by atoms with Crippen LogP contribution in [0.2, 0.25) is 0 Å². The third-order valence-electron chi connectivity index (χ3n) is 6.47. The molecule has 1 aliphatic carbocycles. The molecule has 154 valence electrons. The molecule has 1 aromatic rings. The van der Waals surface area contributed by atoms with E-state index in [1.54, 1.807) is 11.8 Å². The fourth-order valence-electron chi connectivity index (χ4n) is 4.38. The lowest BCUT2D eigenvalue weighted by Crippen LogP contribution is -2.47. The van der Waals surface area contributed by atoms with Crippen molar-refractivity contribution in [3.05, 3.63) is 66.6 Å². The summed E-state index contributed by atoms with van der Waals surface area (Å²) < 4.78 is 4.85. The minimum Gasteiger partial charge on any atom is -0.469 e. The molecule has 4 heteroatoms. The van der Waals surface area contributed by atoms with Gasteiger partial charge in [0.05, 0.1) is 18.6 Å². The standard InChI is InChI=1S/C25H31NO2S/c1-5-24(3)20(2)15-17-25(19-26,22(24)13-14-23(27)28-4)16-9-10-18-29-21-11-7-6-8-12-21/h5-12,16,18,20,22H,1,13-15,17H2,2-4H3/b16-9+,18-10-/t20-,22-,24+,25-/m1/s1. The van der Waals surface area contributed by atoms with Crippen molar-refractivity contribution in [2.24, 2.45) is 22.7 Å². The monoisotopic (exact) mass is 409 g/mol. The number of rotatable bonds is 8. The zero-order chi connectivity index (χ0) is 21.3. The molecule has 2 rings (SSSR count). The van der Waals surface area contributed by atoms with E-state index < -0.39 is 5.41 Å². The smallest absolute Gasteiger partial charge is 0.305 e. The summed E-state index contributed by atoms with van der Waals surface area (Å²) in [5.74, 6) is 0.179. The molecule has 0 bridgehead atoms. The maximum Gasteiger partial charge on any atom is 0.305 e. The van der Waals surface area contributed by atoms with Gasteiger partial charge in [-0.15, -0.1) is 6.58 Å². The first-order valence-corrected chi connectivity index (χ1v) is 11.0. The van der Waals surface area contributed by atoms with E-state index in [4.69, 9.17) is 4.74 Å². The number of benzene rings is 1. The zero-order valence-corrected chi connectivity index (χ0v) is 18.5. The Morgan fingerprint density at radius 2 is 2.10 bits per heavy atom. The highest BCUT2D eigenvalue weighted by Crippen LogP contribution is 2.57. The van der Waals surface area contributed by atoms with E-state index in [0.29, 0.717) is 18.8 Å². The molecule has 4 atom stereocenters. The van der Waals surface area contributed by atoms with E-state index in [9.17, 15) is 10.1 Å². The molecule has 0 radical (unpaired) electrons. The maximum atomic E-state index is 11.8. The van der Waals surface area contributed by atoms with Crippen LogP contribution >= 0.6 is 11.8 Å². The quantitative estimate of drug-likeness (QED) is 0.211. The lowest BCUT2D eigenvalue weighted by atomic mass is 9.51. The number of carbonyl (C=O) groups excluding carboxylic acids is 1. The maximum absolute atomic E-state index is 11.8. The summed E-state index contributed by atoms with van der Waals surface area (Å²) in [5.41, 5.74) is -0.833. The number of esters is 1. The fourth-order valence-corrected chi connectivity index (χ4v) is 5.02. The molecule has 29 heavy (non-hydrogen) atoms. The number of methoxy groups -OCH3 is 1. The van der Waals surface area contributed by atoms with Gasteiger partial charge >= 0.3 is 5.97 Å². The average Bonchev–Trinajstić information content (AvgIpc) is 2.76. The Morgan fingerprint density at radius 3 is 2.72 bits per heavy atom. The third kappa shape index (κ3) is 5.42. The van der Waals surface area contributed by atoms with Gasteiger partial charge in [0.15, 0.2) is 0 Å². The largest absolute Gasteiger partial charge is 0.469 e. The minimum absolute atomic E-state index is 0.00627.